The van der Waals surface area contributed by atoms with Crippen LogP contribution in [-0.4, -0.2) is 35.7 Å². The Bertz CT molecular complexity index is 844. The normalized spacial score (nSPS) is 16.2. The number of nitrogens with zero attached hydrogens (tertiary/aromatic N) is 1. The Morgan fingerprint density at radius 2 is 1.57 bits per heavy atom. The zero-order valence-corrected chi connectivity index (χ0v) is 18.0. The number of likely N-dealkylation sites (tertiary alicyclic amines) is 1. The molecule has 0 spiro atoms. The van der Waals surface area contributed by atoms with Gasteiger partial charge in [-0.2, -0.15) is 0 Å². The Labute approximate surface area is 178 Å². The summed E-state index contributed by atoms with van der Waals surface area (Å²) in [5.74, 6) is 0.411. The number of ether oxygens (including phenoxy) is 1. The summed E-state index contributed by atoms with van der Waals surface area (Å²) in [6.07, 6.45) is 0.565. The van der Waals surface area contributed by atoms with Gasteiger partial charge in [0.25, 0.3) is 0 Å². The minimum absolute atomic E-state index is 0.0240. The van der Waals surface area contributed by atoms with Crippen molar-refractivity contribution in [3.05, 3.63) is 71.3 Å². The average Bonchev–Trinajstić information content (AvgIpc) is 3.21. The number of rotatable bonds is 5. The Balaban J connectivity index is 1.42. The van der Waals surface area contributed by atoms with Crippen LogP contribution >= 0.6 is 0 Å². The van der Waals surface area contributed by atoms with Crippen molar-refractivity contribution in [3.8, 4) is 0 Å². The van der Waals surface area contributed by atoms with Crippen molar-refractivity contribution in [3.63, 3.8) is 0 Å². The minimum Gasteiger partial charge on any atom is -0.444 e. The van der Waals surface area contributed by atoms with Gasteiger partial charge in [0.05, 0.1) is 0 Å². The lowest BCUT2D eigenvalue weighted by atomic mass is 9.99. The van der Waals surface area contributed by atoms with Crippen LogP contribution < -0.4 is 10.6 Å². The first kappa shape index (κ1) is 21.7. The summed E-state index contributed by atoms with van der Waals surface area (Å²) in [6.45, 7) is 7.91. The van der Waals surface area contributed by atoms with Gasteiger partial charge in [-0.25, -0.2) is 9.59 Å². The third-order valence-electron chi connectivity index (χ3n) is 5.05. The van der Waals surface area contributed by atoms with Crippen molar-refractivity contribution < 1.29 is 14.3 Å². The van der Waals surface area contributed by atoms with E-state index in [1.54, 1.807) is 0 Å². The minimum atomic E-state index is -0.511. The van der Waals surface area contributed by atoms with E-state index < -0.39 is 11.7 Å². The molecule has 2 aromatic carbocycles. The molecule has 6 heteroatoms. The van der Waals surface area contributed by atoms with Crippen molar-refractivity contribution in [2.45, 2.75) is 51.8 Å². The van der Waals surface area contributed by atoms with Crippen LogP contribution in [0, 0.1) is 0 Å². The average molecular weight is 410 g/mol. The number of nitrogens with one attached hydrogen (secondary N) is 2. The molecule has 1 aliphatic heterocycles. The van der Waals surface area contributed by atoms with Gasteiger partial charge in [0.2, 0.25) is 0 Å². The van der Waals surface area contributed by atoms with Crippen LogP contribution in [0.2, 0.25) is 0 Å². The van der Waals surface area contributed by atoms with E-state index in [0.717, 1.165) is 30.6 Å². The topological polar surface area (TPSA) is 70.7 Å². The molecule has 1 atom stereocenters. The maximum absolute atomic E-state index is 12.5. The predicted octanol–water partition coefficient (Wildman–Crippen LogP) is 4.41. The van der Waals surface area contributed by atoms with E-state index in [1.807, 2.05) is 68.1 Å². The van der Waals surface area contributed by atoms with Gasteiger partial charge in [-0.3, -0.25) is 0 Å². The number of carbonyl (C=O) groups is 2. The first-order valence-corrected chi connectivity index (χ1v) is 10.4. The van der Waals surface area contributed by atoms with E-state index in [-0.39, 0.29) is 6.03 Å². The SMILES string of the molecule is CC(C)(C)OC(=O)NCc1ccc(CNC(=O)N2CCC(c3ccccc3)C2)cc1. The van der Waals surface area contributed by atoms with E-state index in [0.29, 0.717) is 19.0 Å². The zero-order valence-electron chi connectivity index (χ0n) is 18.0. The van der Waals surface area contributed by atoms with Crippen molar-refractivity contribution in [2.75, 3.05) is 13.1 Å². The van der Waals surface area contributed by atoms with Crippen LogP contribution in [0.3, 0.4) is 0 Å². The van der Waals surface area contributed by atoms with Gasteiger partial charge in [-0.05, 0) is 43.9 Å². The highest BCUT2D eigenvalue weighted by atomic mass is 16.6. The molecule has 6 nitrogen and oxygen atoms in total. The fraction of sp³-hybridized carbons (Fsp3) is 0.417. The molecule has 3 amide bonds. The molecule has 1 unspecified atom stereocenters. The fourth-order valence-electron chi connectivity index (χ4n) is 3.49. The molecule has 0 saturated carbocycles. The summed E-state index contributed by atoms with van der Waals surface area (Å²) >= 11 is 0. The quantitative estimate of drug-likeness (QED) is 0.768. The second-order valence-electron chi connectivity index (χ2n) is 8.67. The highest BCUT2D eigenvalue weighted by Crippen LogP contribution is 2.26. The van der Waals surface area contributed by atoms with E-state index >= 15 is 0 Å². The molecule has 0 bridgehead atoms. The number of hydrogen-bond acceptors (Lipinski definition) is 3. The number of hydrogen-bond donors (Lipinski definition) is 2. The number of carbonyl (C=O) groups excluding carboxylic acids is 2. The van der Waals surface area contributed by atoms with Gasteiger partial charge in [0.1, 0.15) is 5.60 Å². The molecule has 1 heterocycles. The summed E-state index contributed by atoms with van der Waals surface area (Å²) in [6, 6.07) is 18.2. The molecule has 1 saturated heterocycles. The predicted molar refractivity (Wildman–Crippen MR) is 117 cm³/mol. The Morgan fingerprint density at radius 1 is 0.967 bits per heavy atom. The molecule has 3 rings (SSSR count). The number of urea groups is 1. The lowest BCUT2D eigenvalue weighted by molar-refractivity contribution is 0.0523. The van der Waals surface area contributed by atoms with E-state index in [2.05, 4.69) is 22.8 Å². The van der Waals surface area contributed by atoms with Gasteiger partial charge in [0, 0.05) is 32.1 Å². The number of amides is 3. The second-order valence-corrected chi connectivity index (χ2v) is 8.67. The lowest BCUT2D eigenvalue weighted by Crippen LogP contribution is -2.37. The number of alkyl carbamates (subject to hydrolysis) is 1. The molecule has 2 N–H and O–H groups in total. The molecular formula is C24H31N3O3. The van der Waals surface area contributed by atoms with Crippen LogP contribution in [0.25, 0.3) is 0 Å². The summed E-state index contributed by atoms with van der Waals surface area (Å²) in [4.78, 5) is 26.1. The molecule has 0 radical (unpaired) electrons. The van der Waals surface area contributed by atoms with Crippen LogP contribution in [0.4, 0.5) is 9.59 Å². The first-order chi connectivity index (χ1) is 14.3. The summed E-state index contributed by atoms with van der Waals surface area (Å²) < 4.78 is 5.23. The van der Waals surface area contributed by atoms with Gasteiger partial charge in [0.15, 0.2) is 0 Å². The zero-order chi connectivity index (χ0) is 21.6. The summed E-state index contributed by atoms with van der Waals surface area (Å²) in [7, 11) is 0. The van der Waals surface area contributed by atoms with Gasteiger partial charge in [-0.15, -0.1) is 0 Å². The highest BCUT2D eigenvalue weighted by Gasteiger charge is 2.26. The number of benzene rings is 2. The molecule has 0 aliphatic carbocycles. The summed E-state index contributed by atoms with van der Waals surface area (Å²) in [5.41, 5.74) is 2.77. The third kappa shape index (κ3) is 6.51. The van der Waals surface area contributed by atoms with Crippen molar-refractivity contribution in [2.24, 2.45) is 0 Å². The maximum atomic E-state index is 12.5. The van der Waals surface area contributed by atoms with Crippen LogP contribution in [-0.2, 0) is 17.8 Å². The molecular weight excluding hydrogens is 378 g/mol. The van der Waals surface area contributed by atoms with E-state index in [1.165, 1.54) is 5.56 Å². The Kier molecular flexibility index (Phi) is 6.98. The largest absolute Gasteiger partial charge is 0.444 e. The summed E-state index contributed by atoms with van der Waals surface area (Å²) in [5, 5.41) is 5.75. The van der Waals surface area contributed by atoms with Crippen LogP contribution in [0.1, 0.15) is 49.8 Å². The standard InChI is InChI=1S/C24H31N3O3/c1-24(2,3)30-23(29)26-16-19-11-9-18(10-12-19)15-25-22(28)27-14-13-21(17-27)20-7-5-4-6-8-20/h4-12,21H,13-17H2,1-3H3,(H,25,28)(H,26,29). The monoisotopic (exact) mass is 409 g/mol. The molecule has 2 aromatic rings. The molecule has 1 aliphatic rings. The van der Waals surface area contributed by atoms with Gasteiger partial charge >= 0.3 is 12.1 Å². The second kappa shape index (κ2) is 9.65. The molecule has 160 valence electrons. The van der Waals surface area contributed by atoms with E-state index in [9.17, 15) is 9.59 Å². The lowest BCUT2D eigenvalue weighted by Gasteiger charge is -2.19. The van der Waals surface area contributed by atoms with Crippen LogP contribution in [0.5, 0.6) is 0 Å². The molecule has 1 fully saturated rings. The van der Waals surface area contributed by atoms with Crippen LogP contribution in [0.15, 0.2) is 54.6 Å². The van der Waals surface area contributed by atoms with Crippen molar-refractivity contribution >= 4 is 12.1 Å². The third-order valence-corrected chi connectivity index (χ3v) is 5.05. The van der Waals surface area contributed by atoms with Gasteiger partial charge in [-0.1, -0.05) is 54.6 Å². The highest BCUT2D eigenvalue weighted by molar-refractivity contribution is 5.74. The molecule has 30 heavy (non-hydrogen) atoms. The Morgan fingerprint density at radius 3 is 2.17 bits per heavy atom. The molecule has 0 aromatic heterocycles. The fourth-order valence-corrected chi connectivity index (χ4v) is 3.49. The first-order valence-electron chi connectivity index (χ1n) is 10.4. The smallest absolute Gasteiger partial charge is 0.407 e. The Hall–Kier alpha value is -3.02. The maximum Gasteiger partial charge on any atom is 0.407 e. The van der Waals surface area contributed by atoms with Crippen molar-refractivity contribution in [1.82, 2.24) is 15.5 Å². The van der Waals surface area contributed by atoms with Crippen molar-refractivity contribution in [1.29, 1.82) is 0 Å². The van der Waals surface area contributed by atoms with E-state index in [4.69, 9.17) is 4.74 Å². The van der Waals surface area contributed by atoms with Gasteiger partial charge < -0.3 is 20.3 Å².